The zero-order valence-corrected chi connectivity index (χ0v) is 13.1. The van der Waals surface area contributed by atoms with Crippen molar-refractivity contribution >= 4 is 17.8 Å². The van der Waals surface area contributed by atoms with Gasteiger partial charge in [-0.3, -0.25) is 9.59 Å². The Balaban J connectivity index is 2.16. The van der Waals surface area contributed by atoms with Crippen LogP contribution in [0.15, 0.2) is 48.5 Å². The van der Waals surface area contributed by atoms with Crippen molar-refractivity contribution in [2.45, 2.75) is 18.9 Å². The first kappa shape index (κ1) is 18.1. The number of aliphatic carboxylic acids is 1. The van der Waals surface area contributed by atoms with Gasteiger partial charge < -0.3 is 15.5 Å². The highest BCUT2D eigenvalue weighted by molar-refractivity contribution is 5.91. The van der Waals surface area contributed by atoms with E-state index in [2.05, 4.69) is 5.32 Å². The van der Waals surface area contributed by atoms with Crippen LogP contribution >= 0.6 is 0 Å². The molecule has 2 aromatic rings. The minimum absolute atomic E-state index is 0.00853. The molecule has 0 radical (unpaired) electrons. The smallest absolute Gasteiger partial charge is 0.335 e. The molecule has 130 valence electrons. The van der Waals surface area contributed by atoms with Gasteiger partial charge in [-0.1, -0.05) is 30.3 Å². The van der Waals surface area contributed by atoms with E-state index in [1.54, 1.807) is 12.1 Å². The second-order valence-corrected chi connectivity index (χ2v) is 5.41. The third-order valence-electron chi connectivity index (χ3n) is 3.59. The molecule has 0 fully saturated rings. The number of carboxylic acids is 2. The second-order valence-electron chi connectivity index (χ2n) is 5.41. The van der Waals surface area contributed by atoms with Crippen molar-refractivity contribution in [1.29, 1.82) is 0 Å². The molecule has 7 heteroatoms. The third-order valence-corrected chi connectivity index (χ3v) is 3.59. The van der Waals surface area contributed by atoms with Crippen LogP contribution in [-0.2, 0) is 16.0 Å². The van der Waals surface area contributed by atoms with Crippen LogP contribution in [0.5, 0.6) is 0 Å². The van der Waals surface area contributed by atoms with Crippen LogP contribution in [0.2, 0.25) is 0 Å². The summed E-state index contributed by atoms with van der Waals surface area (Å²) in [5.74, 6) is -3.27. The topological polar surface area (TPSA) is 104 Å². The van der Waals surface area contributed by atoms with Crippen molar-refractivity contribution in [3.05, 3.63) is 71.0 Å². The lowest BCUT2D eigenvalue weighted by Gasteiger charge is -2.18. The van der Waals surface area contributed by atoms with E-state index in [-0.39, 0.29) is 18.4 Å². The third kappa shape index (κ3) is 5.13. The van der Waals surface area contributed by atoms with Crippen molar-refractivity contribution in [2.75, 3.05) is 0 Å². The predicted molar refractivity (Wildman–Crippen MR) is 86.6 cm³/mol. The lowest BCUT2D eigenvalue weighted by Crippen LogP contribution is -2.31. The maximum absolute atomic E-state index is 13.0. The molecule has 0 aliphatic carbocycles. The van der Waals surface area contributed by atoms with E-state index >= 15 is 0 Å². The Morgan fingerprint density at radius 1 is 1.00 bits per heavy atom. The molecule has 0 heterocycles. The zero-order valence-electron chi connectivity index (χ0n) is 13.1. The molecule has 0 spiro atoms. The highest BCUT2D eigenvalue weighted by atomic mass is 19.1. The SMILES string of the molecule is O=C(O)C[C@H](NC(=O)Cc1ccccc1C(=O)O)c1ccc(F)cc1. The Morgan fingerprint density at radius 3 is 2.24 bits per heavy atom. The molecule has 0 aliphatic heterocycles. The molecule has 1 atom stereocenters. The van der Waals surface area contributed by atoms with E-state index in [9.17, 15) is 18.8 Å². The summed E-state index contributed by atoms with van der Waals surface area (Å²) in [6, 6.07) is 10.4. The van der Waals surface area contributed by atoms with Gasteiger partial charge in [0.2, 0.25) is 5.91 Å². The van der Waals surface area contributed by atoms with E-state index < -0.39 is 29.7 Å². The van der Waals surface area contributed by atoms with Crippen molar-refractivity contribution in [2.24, 2.45) is 0 Å². The number of halogens is 1. The van der Waals surface area contributed by atoms with Gasteiger partial charge in [0.15, 0.2) is 0 Å². The molecule has 3 N–H and O–H groups in total. The summed E-state index contributed by atoms with van der Waals surface area (Å²) in [5, 5.41) is 20.7. The second kappa shape index (κ2) is 8.05. The van der Waals surface area contributed by atoms with Crippen molar-refractivity contribution in [3.8, 4) is 0 Å². The normalized spacial score (nSPS) is 11.6. The van der Waals surface area contributed by atoms with Crippen LogP contribution in [0.1, 0.15) is 33.9 Å². The number of rotatable bonds is 7. The molecule has 25 heavy (non-hydrogen) atoms. The molecule has 2 aromatic carbocycles. The number of amides is 1. The molecule has 6 nitrogen and oxygen atoms in total. The van der Waals surface area contributed by atoms with Gasteiger partial charge in [-0.05, 0) is 29.3 Å². The first-order valence-corrected chi connectivity index (χ1v) is 7.44. The van der Waals surface area contributed by atoms with Crippen LogP contribution in [0, 0.1) is 5.82 Å². The maximum atomic E-state index is 13.0. The van der Waals surface area contributed by atoms with Gasteiger partial charge in [0.25, 0.3) is 0 Å². The van der Waals surface area contributed by atoms with Gasteiger partial charge >= 0.3 is 11.9 Å². The van der Waals surface area contributed by atoms with E-state index in [1.165, 1.54) is 36.4 Å². The highest BCUT2D eigenvalue weighted by Gasteiger charge is 2.20. The first-order chi connectivity index (χ1) is 11.9. The summed E-state index contributed by atoms with van der Waals surface area (Å²) >= 11 is 0. The molecular formula is C18H16FNO5. The Bertz CT molecular complexity index is 788. The zero-order chi connectivity index (χ0) is 18.4. The van der Waals surface area contributed by atoms with Crippen molar-refractivity contribution in [1.82, 2.24) is 5.32 Å². The van der Waals surface area contributed by atoms with Crippen LogP contribution in [0.25, 0.3) is 0 Å². The number of aromatic carboxylic acids is 1. The Labute approximate surface area is 142 Å². The molecular weight excluding hydrogens is 329 g/mol. The van der Waals surface area contributed by atoms with Gasteiger partial charge in [0, 0.05) is 0 Å². The van der Waals surface area contributed by atoms with Crippen LogP contribution < -0.4 is 5.32 Å². The van der Waals surface area contributed by atoms with Gasteiger partial charge in [-0.15, -0.1) is 0 Å². The quantitative estimate of drug-likeness (QED) is 0.715. The molecule has 2 rings (SSSR count). The number of carboxylic acid groups (broad SMARTS) is 2. The van der Waals surface area contributed by atoms with E-state index in [0.717, 1.165) is 0 Å². The van der Waals surface area contributed by atoms with E-state index in [4.69, 9.17) is 10.2 Å². The Hall–Kier alpha value is -3.22. The maximum Gasteiger partial charge on any atom is 0.335 e. The minimum atomic E-state index is -1.15. The van der Waals surface area contributed by atoms with E-state index in [1.807, 2.05) is 0 Å². The lowest BCUT2D eigenvalue weighted by atomic mass is 10.0. The van der Waals surface area contributed by atoms with Gasteiger partial charge in [0.1, 0.15) is 5.82 Å². The largest absolute Gasteiger partial charge is 0.481 e. The molecule has 0 saturated carbocycles. The van der Waals surface area contributed by atoms with Gasteiger partial charge in [0.05, 0.1) is 24.4 Å². The number of hydrogen-bond donors (Lipinski definition) is 3. The van der Waals surface area contributed by atoms with Gasteiger partial charge in [-0.2, -0.15) is 0 Å². The van der Waals surface area contributed by atoms with Crippen LogP contribution in [0.4, 0.5) is 4.39 Å². The fourth-order valence-corrected chi connectivity index (χ4v) is 2.42. The number of nitrogens with one attached hydrogen (secondary N) is 1. The number of carbonyl (C=O) groups excluding carboxylic acids is 1. The monoisotopic (exact) mass is 345 g/mol. The van der Waals surface area contributed by atoms with Crippen molar-refractivity contribution in [3.63, 3.8) is 0 Å². The Kier molecular flexibility index (Phi) is 5.84. The molecule has 0 saturated heterocycles. The summed E-state index contributed by atoms with van der Waals surface area (Å²) in [6.07, 6.45) is -0.586. The number of hydrogen-bond acceptors (Lipinski definition) is 3. The summed E-state index contributed by atoms with van der Waals surface area (Å²) in [4.78, 5) is 34.5. The average molecular weight is 345 g/mol. The van der Waals surface area contributed by atoms with Gasteiger partial charge in [-0.25, -0.2) is 9.18 Å². The summed E-state index contributed by atoms with van der Waals surface area (Å²) in [5.41, 5.74) is 0.776. The number of carbonyl (C=O) groups is 3. The summed E-state index contributed by atoms with van der Waals surface area (Å²) in [6.45, 7) is 0. The first-order valence-electron chi connectivity index (χ1n) is 7.44. The predicted octanol–water partition coefficient (Wildman–Crippen LogP) is 2.40. The Morgan fingerprint density at radius 2 is 1.64 bits per heavy atom. The molecule has 0 bridgehead atoms. The number of benzene rings is 2. The van der Waals surface area contributed by atoms with Crippen molar-refractivity contribution < 1.29 is 29.0 Å². The van der Waals surface area contributed by atoms with E-state index in [0.29, 0.717) is 11.1 Å². The standard InChI is InChI=1S/C18H16FNO5/c19-13-7-5-11(6-8-13)15(10-17(22)23)20-16(21)9-12-3-1-2-4-14(12)18(24)25/h1-8,15H,9-10H2,(H,20,21)(H,22,23)(H,24,25)/t15-/m0/s1. The molecule has 0 aromatic heterocycles. The molecule has 0 unspecified atom stereocenters. The summed E-state index contributed by atoms with van der Waals surface area (Å²) in [7, 11) is 0. The highest BCUT2D eigenvalue weighted by Crippen LogP contribution is 2.18. The fourth-order valence-electron chi connectivity index (χ4n) is 2.42. The average Bonchev–Trinajstić information content (AvgIpc) is 2.54. The molecule has 0 aliphatic rings. The van der Waals surface area contributed by atoms with Crippen LogP contribution in [0.3, 0.4) is 0 Å². The lowest BCUT2D eigenvalue weighted by molar-refractivity contribution is -0.137. The summed E-state index contributed by atoms with van der Waals surface area (Å²) < 4.78 is 13.0. The molecule has 1 amide bonds. The van der Waals surface area contributed by atoms with Crippen LogP contribution in [-0.4, -0.2) is 28.1 Å². The fraction of sp³-hybridized carbons (Fsp3) is 0.167. The minimum Gasteiger partial charge on any atom is -0.481 e.